The normalized spacial score (nSPS) is 17.2. The second-order valence-electron chi connectivity index (χ2n) is 8.59. The minimum absolute atomic E-state index is 0.0439. The second-order valence-corrected chi connectivity index (χ2v) is 10.5. The minimum Gasteiger partial charge on any atom is -0.355 e. The van der Waals surface area contributed by atoms with Gasteiger partial charge >= 0.3 is 0 Å². The molecule has 1 saturated heterocycles. The number of pyridine rings is 1. The second kappa shape index (κ2) is 9.90. The van der Waals surface area contributed by atoms with Crippen LogP contribution in [0.4, 0.5) is 5.69 Å². The van der Waals surface area contributed by atoms with Gasteiger partial charge in [0.2, 0.25) is 15.9 Å². The Morgan fingerprint density at radius 1 is 1.21 bits per heavy atom. The van der Waals surface area contributed by atoms with Crippen LogP contribution in [0.25, 0.3) is 12.2 Å². The number of nitrogens with one attached hydrogen (secondary N) is 1. The highest BCUT2D eigenvalue weighted by Crippen LogP contribution is 2.30. The molecule has 0 saturated carbocycles. The van der Waals surface area contributed by atoms with E-state index in [1.54, 1.807) is 37.5 Å². The lowest BCUT2D eigenvalue weighted by Crippen LogP contribution is -2.43. The first-order valence-electron chi connectivity index (χ1n) is 11.2. The van der Waals surface area contributed by atoms with Gasteiger partial charge in [-0.15, -0.1) is 0 Å². The molecule has 4 rings (SSSR count). The van der Waals surface area contributed by atoms with Crippen molar-refractivity contribution in [1.82, 2.24) is 14.4 Å². The number of hydrogen-bond acceptors (Lipinski definition) is 6. The van der Waals surface area contributed by atoms with Gasteiger partial charge in [0.05, 0.1) is 17.8 Å². The van der Waals surface area contributed by atoms with E-state index in [0.29, 0.717) is 30.8 Å². The summed E-state index contributed by atoms with van der Waals surface area (Å²) in [7, 11) is -3.91. The third-order valence-electron chi connectivity index (χ3n) is 5.96. The van der Waals surface area contributed by atoms with E-state index in [-0.39, 0.29) is 23.1 Å². The van der Waals surface area contributed by atoms with Crippen LogP contribution in [0.1, 0.15) is 41.0 Å². The van der Waals surface area contributed by atoms with Gasteiger partial charge in [-0.25, -0.2) is 8.42 Å². The summed E-state index contributed by atoms with van der Waals surface area (Å²) < 4.78 is 33.9. The van der Waals surface area contributed by atoms with E-state index in [2.05, 4.69) is 15.5 Å². The van der Waals surface area contributed by atoms with Gasteiger partial charge in [-0.3, -0.25) is 9.78 Å². The predicted octanol–water partition coefficient (Wildman–Crippen LogP) is 4.20. The molecule has 0 unspecified atom stereocenters. The lowest BCUT2D eigenvalue weighted by atomic mass is 9.99. The Morgan fingerprint density at radius 2 is 2.03 bits per heavy atom. The summed E-state index contributed by atoms with van der Waals surface area (Å²) in [5, 5.41) is 6.75. The van der Waals surface area contributed by atoms with Gasteiger partial charge in [0.1, 0.15) is 5.69 Å². The highest BCUT2D eigenvalue weighted by Gasteiger charge is 2.37. The maximum absolute atomic E-state index is 13.6. The van der Waals surface area contributed by atoms with Gasteiger partial charge in [-0.05, 0) is 62.9 Å². The molecule has 9 heteroatoms. The molecular weight excluding hydrogens is 452 g/mol. The number of amides is 1. The molecule has 2 aromatic heterocycles. The summed E-state index contributed by atoms with van der Waals surface area (Å²) in [4.78, 5) is 16.8. The Bertz CT molecular complexity index is 1320. The van der Waals surface area contributed by atoms with Crippen LogP contribution < -0.4 is 5.32 Å². The number of carbonyl (C=O) groups excluding carboxylic acids is 1. The molecule has 1 fully saturated rings. The van der Waals surface area contributed by atoms with E-state index in [9.17, 15) is 13.2 Å². The van der Waals surface area contributed by atoms with Gasteiger partial charge in [-0.1, -0.05) is 35.0 Å². The Kier molecular flexibility index (Phi) is 6.95. The first-order chi connectivity index (χ1) is 16.3. The Balaban J connectivity index is 1.56. The van der Waals surface area contributed by atoms with Crippen molar-refractivity contribution in [3.8, 4) is 0 Å². The maximum atomic E-state index is 13.6. The van der Waals surface area contributed by atoms with E-state index >= 15 is 0 Å². The molecule has 0 spiro atoms. The molecule has 1 aliphatic heterocycles. The van der Waals surface area contributed by atoms with Gasteiger partial charge in [0.15, 0.2) is 10.7 Å². The third kappa shape index (κ3) is 5.10. The number of piperidine rings is 1. The zero-order valence-corrected chi connectivity index (χ0v) is 20.3. The van der Waals surface area contributed by atoms with Crippen molar-refractivity contribution in [2.24, 2.45) is 5.92 Å². The first-order valence-corrected chi connectivity index (χ1v) is 12.6. The molecule has 1 atom stereocenters. The first kappa shape index (κ1) is 23.8. The fourth-order valence-corrected chi connectivity index (χ4v) is 5.86. The Labute approximate surface area is 199 Å². The van der Waals surface area contributed by atoms with E-state index in [4.69, 9.17) is 4.52 Å². The highest BCUT2D eigenvalue weighted by atomic mass is 32.2. The standard InChI is InChI=1S/C25H28N4O4S/c1-17-8-9-18(2)20(14-17)10-11-23-24(19(3)28-33-23)34(31,32)29-13-5-6-21(16-29)25(30)27-22-7-4-12-26-15-22/h4,7-12,14-15,21H,5-6,13,16H2,1-3H3,(H,27,30)/b11-10+/t21-/m0/s1. The molecule has 1 aliphatic rings. The van der Waals surface area contributed by atoms with Crippen LogP contribution >= 0.6 is 0 Å². The fourth-order valence-electron chi connectivity index (χ4n) is 4.09. The molecule has 1 aromatic carbocycles. The van der Waals surface area contributed by atoms with Gasteiger partial charge < -0.3 is 9.84 Å². The van der Waals surface area contributed by atoms with Gasteiger partial charge in [-0.2, -0.15) is 4.31 Å². The molecule has 1 N–H and O–H groups in total. The van der Waals surface area contributed by atoms with E-state index in [1.807, 2.05) is 38.1 Å². The SMILES string of the molecule is Cc1ccc(C)c(/C=C/c2onc(C)c2S(=O)(=O)N2CCC[C@H](C(=O)Nc3cccnc3)C2)c1. The monoisotopic (exact) mass is 480 g/mol. The summed E-state index contributed by atoms with van der Waals surface area (Å²) >= 11 is 0. The molecule has 0 bridgehead atoms. The lowest BCUT2D eigenvalue weighted by Gasteiger charge is -2.31. The average molecular weight is 481 g/mol. The van der Waals surface area contributed by atoms with E-state index in [1.165, 1.54) is 4.31 Å². The van der Waals surface area contributed by atoms with Crippen molar-refractivity contribution in [3.63, 3.8) is 0 Å². The lowest BCUT2D eigenvalue weighted by molar-refractivity contribution is -0.120. The molecule has 1 amide bonds. The smallest absolute Gasteiger partial charge is 0.248 e. The summed E-state index contributed by atoms with van der Waals surface area (Å²) in [5.41, 5.74) is 4.03. The number of hydrogen-bond donors (Lipinski definition) is 1. The topological polar surface area (TPSA) is 105 Å². The largest absolute Gasteiger partial charge is 0.355 e. The van der Waals surface area contributed by atoms with Crippen molar-refractivity contribution >= 4 is 33.8 Å². The molecule has 3 aromatic rings. The quantitative estimate of drug-likeness (QED) is 0.567. The van der Waals surface area contributed by atoms with Crippen LogP contribution in [0.15, 0.2) is 52.1 Å². The number of carbonyl (C=O) groups is 1. The van der Waals surface area contributed by atoms with Crippen molar-refractivity contribution < 1.29 is 17.7 Å². The number of aromatic nitrogens is 2. The van der Waals surface area contributed by atoms with Crippen molar-refractivity contribution in [2.45, 2.75) is 38.5 Å². The molecule has 34 heavy (non-hydrogen) atoms. The van der Waals surface area contributed by atoms with Crippen molar-refractivity contribution in [3.05, 3.63) is 70.9 Å². The summed E-state index contributed by atoms with van der Waals surface area (Å²) in [5.74, 6) is -0.497. The zero-order chi connectivity index (χ0) is 24.3. The Hall–Kier alpha value is -3.30. The van der Waals surface area contributed by atoms with E-state index < -0.39 is 15.9 Å². The van der Waals surface area contributed by atoms with Gasteiger partial charge in [0.25, 0.3) is 0 Å². The Morgan fingerprint density at radius 3 is 2.79 bits per heavy atom. The minimum atomic E-state index is -3.91. The molecule has 178 valence electrons. The summed E-state index contributed by atoms with van der Waals surface area (Å²) in [6.07, 6.45) is 7.86. The van der Waals surface area contributed by atoms with Crippen molar-refractivity contribution in [1.29, 1.82) is 0 Å². The van der Waals surface area contributed by atoms with Crippen LogP contribution in [0, 0.1) is 26.7 Å². The number of nitrogens with zero attached hydrogens (tertiary/aromatic N) is 3. The van der Waals surface area contributed by atoms with Crippen LogP contribution in [0.5, 0.6) is 0 Å². The van der Waals surface area contributed by atoms with Crippen LogP contribution in [-0.2, 0) is 14.8 Å². The zero-order valence-electron chi connectivity index (χ0n) is 19.5. The predicted molar refractivity (Wildman–Crippen MR) is 130 cm³/mol. The molecule has 8 nitrogen and oxygen atoms in total. The van der Waals surface area contributed by atoms with Crippen molar-refractivity contribution in [2.75, 3.05) is 18.4 Å². The number of benzene rings is 1. The van der Waals surface area contributed by atoms with Gasteiger partial charge in [0, 0.05) is 19.3 Å². The van der Waals surface area contributed by atoms with Crippen LogP contribution in [0.3, 0.4) is 0 Å². The molecule has 3 heterocycles. The summed E-state index contributed by atoms with van der Waals surface area (Å²) in [6, 6.07) is 9.55. The number of rotatable bonds is 6. The van der Waals surface area contributed by atoms with Crippen LogP contribution in [-0.4, -0.2) is 41.9 Å². The molecular formula is C25H28N4O4S. The number of anilines is 1. The maximum Gasteiger partial charge on any atom is 0.248 e. The number of sulfonamides is 1. The van der Waals surface area contributed by atoms with E-state index in [0.717, 1.165) is 16.7 Å². The van der Waals surface area contributed by atoms with Crippen LogP contribution in [0.2, 0.25) is 0 Å². The molecule has 0 aliphatic carbocycles. The highest BCUT2D eigenvalue weighted by molar-refractivity contribution is 7.89. The molecule has 0 radical (unpaired) electrons. The fraction of sp³-hybridized carbons (Fsp3) is 0.320. The summed E-state index contributed by atoms with van der Waals surface area (Å²) in [6.45, 7) is 6.04. The third-order valence-corrected chi connectivity index (χ3v) is 7.99. The average Bonchev–Trinajstić information content (AvgIpc) is 3.21. The number of aryl methyl sites for hydroxylation is 3.